The second-order valence-corrected chi connectivity index (χ2v) is 7.02. The zero-order valence-corrected chi connectivity index (χ0v) is 17.0. The van der Waals surface area contributed by atoms with Gasteiger partial charge in [-0.05, 0) is 50.1 Å². The van der Waals surface area contributed by atoms with E-state index in [-0.39, 0.29) is 11.7 Å². The molecule has 0 spiro atoms. The van der Waals surface area contributed by atoms with E-state index >= 15 is 0 Å². The van der Waals surface area contributed by atoms with Gasteiger partial charge in [0.2, 0.25) is 5.95 Å². The number of carbonyl (C=O) groups excluding carboxylic acids is 1. The van der Waals surface area contributed by atoms with Crippen LogP contribution in [0.1, 0.15) is 31.0 Å². The Morgan fingerprint density at radius 3 is 2.83 bits per heavy atom. The van der Waals surface area contributed by atoms with Crippen molar-refractivity contribution in [1.29, 1.82) is 0 Å². The molecule has 0 radical (unpaired) electrons. The van der Waals surface area contributed by atoms with Gasteiger partial charge in [0.1, 0.15) is 12.4 Å². The molecule has 2 aromatic carbocycles. The van der Waals surface area contributed by atoms with Crippen molar-refractivity contribution < 1.29 is 14.6 Å². The van der Waals surface area contributed by atoms with E-state index in [2.05, 4.69) is 20.7 Å². The molecule has 0 aliphatic carbocycles. The maximum absolute atomic E-state index is 13.4. The van der Waals surface area contributed by atoms with Gasteiger partial charge in [-0.2, -0.15) is 10.1 Å². The number of carbonyl (C=O) groups is 1. The van der Waals surface area contributed by atoms with Gasteiger partial charge in [-0.1, -0.05) is 24.3 Å². The van der Waals surface area contributed by atoms with Crippen LogP contribution in [0.4, 0.5) is 11.6 Å². The van der Waals surface area contributed by atoms with Crippen LogP contribution in [0.15, 0.2) is 60.1 Å². The molecule has 3 N–H and O–H groups in total. The zero-order valence-electron chi connectivity index (χ0n) is 17.0. The van der Waals surface area contributed by atoms with Crippen molar-refractivity contribution in [1.82, 2.24) is 14.8 Å². The number of allylic oxidation sites excluding steroid dienone is 1. The van der Waals surface area contributed by atoms with E-state index in [0.717, 1.165) is 16.8 Å². The van der Waals surface area contributed by atoms with E-state index in [1.807, 2.05) is 45.0 Å². The summed E-state index contributed by atoms with van der Waals surface area (Å²) in [5, 5.41) is 20.6. The molecule has 1 unspecified atom stereocenters. The number of nitrogens with one attached hydrogen (secondary N) is 2. The predicted octanol–water partition coefficient (Wildman–Crippen LogP) is 3.62. The molecule has 1 amide bonds. The summed E-state index contributed by atoms with van der Waals surface area (Å²) >= 11 is 0. The van der Waals surface area contributed by atoms with Crippen molar-refractivity contribution in [3.05, 3.63) is 71.2 Å². The summed E-state index contributed by atoms with van der Waals surface area (Å²) in [4.78, 5) is 17.6. The fourth-order valence-corrected chi connectivity index (χ4v) is 3.57. The average Bonchev–Trinajstić information content (AvgIpc) is 3.18. The van der Waals surface area contributed by atoms with Gasteiger partial charge < -0.3 is 20.5 Å². The Kier molecular flexibility index (Phi) is 5.14. The smallest absolute Gasteiger partial charge is 0.255 e. The van der Waals surface area contributed by atoms with Gasteiger partial charge in [0, 0.05) is 11.4 Å². The molecule has 1 aromatic heterocycles. The number of nitrogens with zero attached hydrogens (tertiary/aromatic N) is 3. The molecule has 1 aliphatic rings. The van der Waals surface area contributed by atoms with Gasteiger partial charge in [-0.15, -0.1) is 0 Å². The largest absolute Gasteiger partial charge is 0.504 e. The van der Waals surface area contributed by atoms with Gasteiger partial charge in [-0.25, -0.2) is 4.68 Å². The second-order valence-electron chi connectivity index (χ2n) is 7.02. The minimum absolute atomic E-state index is 0.0416. The number of hydrogen-bond acceptors (Lipinski definition) is 6. The molecule has 30 heavy (non-hydrogen) atoms. The number of rotatable bonds is 5. The van der Waals surface area contributed by atoms with Crippen molar-refractivity contribution >= 4 is 17.5 Å². The summed E-state index contributed by atoms with van der Waals surface area (Å²) in [7, 11) is 0. The summed E-state index contributed by atoms with van der Waals surface area (Å²) in [6.07, 6.45) is 1.44. The fraction of sp³-hybridized carbons (Fsp3) is 0.227. The second kappa shape index (κ2) is 7.90. The minimum atomic E-state index is -0.535. The molecular weight excluding hydrogens is 382 g/mol. The molecule has 154 valence electrons. The molecule has 1 atom stereocenters. The maximum Gasteiger partial charge on any atom is 0.255 e. The van der Waals surface area contributed by atoms with E-state index in [9.17, 15) is 9.90 Å². The Balaban J connectivity index is 1.79. The van der Waals surface area contributed by atoms with Crippen molar-refractivity contribution in [3.63, 3.8) is 0 Å². The van der Waals surface area contributed by atoms with Crippen molar-refractivity contribution in [2.75, 3.05) is 17.2 Å². The number of fused-ring (bicyclic) bond motifs is 1. The Hall–Kier alpha value is -3.81. The number of ether oxygens (including phenoxy) is 1. The summed E-state index contributed by atoms with van der Waals surface area (Å²) in [5.74, 6) is 0.689. The van der Waals surface area contributed by atoms with Gasteiger partial charge in [0.15, 0.2) is 11.5 Å². The number of aromatic nitrogens is 3. The molecule has 0 bridgehead atoms. The van der Waals surface area contributed by atoms with E-state index in [1.165, 1.54) is 6.33 Å². The number of benzene rings is 2. The van der Waals surface area contributed by atoms with E-state index in [0.29, 0.717) is 29.6 Å². The Bertz CT molecular complexity index is 1140. The first-order valence-corrected chi connectivity index (χ1v) is 9.69. The SMILES string of the molecule is CCOc1cc(C2C(C(=O)Nc3ccccc3C)=C(C)Nc3ncnn32)ccc1O. The van der Waals surface area contributed by atoms with Crippen LogP contribution in [0, 0.1) is 6.92 Å². The van der Waals surface area contributed by atoms with Crippen LogP contribution in [0.25, 0.3) is 0 Å². The maximum atomic E-state index is 13.4. The first kappa shape index (κ1) is 19.5. The quantitative estimate of drug-likeness (QED) is 0.599. The Morgan fingerprint density at radius 1 is 1.27 bits per heavy atom. The lowest BCUT2D eigenvalue weighted by atomic mass is 9.94. The zero-order chi connectivity index (χ0) is 21.3. The highest BCUT2D eigenvalue weighted by Crippen LogP contribution is 2.38. The van der Waals surface area contributed by atoms with Crippen LogP contribution in [0.3, 0.4) is 0 Å². The van der Waals surface area contributed by atoms with Gasteiger partial charge in [-0.3, -0.25) is 4.79 Å². The first-order chi connectivity index (χ1) is 14.5. The van der Waals surface area contributed by atoms with Crippen LogP contribution in [-0.2, 0) is 4.79 Å². The van der Waals surface area contributed by atoms with Crippen LogP contribution in [0.5, 0.6) is 11.5 Å². The number of phenols is 1. The predicted molar refractivity (Wildman–Crippen MR) is 114 cm³/mol. The van der Waals surface area contributed by atoms with E-state index in [4.69, 9.17) is 4.74 Å². The number of para-hydroxylation sites is 1. The lowest BCUT2D eigenvalue weighted by molar-refractivity contribution is -0.113. The summed E-state index contributed by atoms with van der Waals surface area (Å²) < 4.78 is 7.20. The lowest BCUT2D eigenvalue weighted by Gasteiger charge is -2.29. The molecular formula is C22H23N5O3. The van der Waals surface area contributed by atoms with E-state index in [1.54, 1.807) is 22.9 Å². The average molecular weight is 405 g/mol. The third kappa shape index (κ3) is 3.47. The van der Waals surface area contributed by atoms with Crippen LogP contribution in [-0.4, -0.2) is 32.4 Å². The van der Waals surface area contributed by atoms with Crippen molar-refractivity contribution in [3.8, 4) is 11.5 Å². The molecule has 0 saturated heterocycles. The summed E-state index contributed by atoms with van der Waals surface area (Å²) in [5.41, 5.74) is 3.64. The number of anilines is 2. The molecule has 2 heterocycles. The van der Waals surface area contributed by atoms with Crippen LogP contribution >= 0.6 is 0 Å². The highest BCUT2D eigenvalue weighted by Gasteiger charge is 2.34. The highest BCUT2D eigenvalue weighted by molar-refractivity contribution is 6.06. The van der Waals surface area contributed by atoms with Gasteiger partial charge in [0.25, 0.3) is 5.91 Å². The van der Waals surface area contributed by atoms with Crippen molar-refractivity contribution in [2.24, 2.45) is 0 Å². The fourth-order valence-electron chi connectivity index (χ4n) is 3.57. The normalized spacial score (nSPS) is 15.4. The van der Waals surface area contributed by atoms with Crippen molar-refractivity contribution in [2.45, 2.75) is 26.8 Å². The molecule has 3 aromatic rings. The molecule has 8 heteroatoms. The molecule has 0 fully saturated rings. The Labute approximate surface area is 174 Å². The number of hydrogen-bond donors (Lipinski definition) is 3. The summed E-state index contributed by atoms with van der Waals surface area (Å²) in [6.45, 7) is 6.03. The standard InChI is InChI=1S/C22H23N5O3/c1-4-30-18-11-15(9-10-17(18)28)20-19(14(3)25-22-23-12-24-27(20)22)21(29)26-16-8-6-5-7-13(16)2/h5-12,20,28H,4H2,1-3H3,(H,26,29)(H,23,24,25). The first-order valence-electron chi connectivity index (χ1n) is 9.69. The van der Waals surface area contributed by atoms with Gasteiger partial charge >= 0.3 is 0 Å². The van der Waals surface area contributed by atoms with Crippen LogP contribution < -0.4 is 15.4 Å². The number of aryl methyl sites for hydroxylation is 1. The number of phenolic OH excluding ortho intramolecular Hbond substituents is 1. The molecule has 0 saturated carbocycles. The number of amides is 1. The molecule has 4 rings (SSSR count). The van der Waals surface area contributed by atoms with E-state index < -0.39 is 6.04 Å². The number of aromatic hydroxyl groups is 1. The summed E-state index contributed by atoms with van der Waals surface area (Å²) in [6, 6.07) is 12.1. The van der Waals surface area contributed by atoms with Crippen LogP contribution in [0.2, 0.25) is 0 Å². The monoisotopic (exact) mass is 405 g/mol. The third-order valence-electron chi connectivity index (χ3n) is 5.03. The Morgan fingerprint density at radius 2 is 2.07 bits per heavy atom. The third-order valence-corrected chi connectivity index (χ3v) is 5.03. The molecule has 8 nitrogen and oxygen atoms in total. The minimum Gasteiger partial charge on any atom is -0.504 e. The lowest BCUT2D eigenvalue weighted by Crippen LogP contribution is -2.31. The molecule has 1 aliphatic heterocycles. The highest BCUT2D eigenvalue weighted by atomic mass is 16.5. The van der Waals surface area contributed by atoms with Gasteiger partial charge in [0.05, 0.1) is 12.2 Å². The topological polar surface area (TPSA) is 101 Å².